The first-order valence-electron chi connectivity index (χ1n) is 3.76. The maximum absolute atomic E-state index is 11.1. The van der Waals surface area contributed by atoms with Crippen molar-refractivity contribution >= 4 is 28.6 Å². The summed E-state index contributed by atoms with van der Waals surface area (Å²) in [7, 11) is 1.31. The Balaban J connectivity index is 2.57. The maximum Gasteiger partial charge on any atom is 0.349 e. The van der Waals surface area contributed by atoms with Gasteiger partial charge in [0.2, 0.25) is 0 Å². The number of ether oxygens (including phenoxy) is 1. The van der Waals surface area contributed by atoms with Crippen molar-refractivity contribution in [3.05, 3.63) is 23.0 Å². The molecule has 0 aliphatic rings. The molecule has 0 atom stereocenters. The van der Waals surface area contributed by atoms with Crippen LogP contribution in [0.2, 0.25) is 0 Å². The Kier molecular flexibility index (Phi) is 2.05. The predicted molar refractivity (Wildman–Crippen MR) is 49.8 cm³/mol. The van der Waals surface area contributed by atoms with E-state index in [0.717, 1.165) is 0 Å². The first-order valence-corrected chi connectivity index (χ1v) is 4.58. The summed E-state index contributed by atoms with van der Waals surface area (Å²) >= 11 is 1.18. The van der Waals surface area contributed by atoms with E-state index in [1.807, 2.05) is 0 Å². The van der Waals surface area contributed by atoms with Gasteiger partial charge >= 0.3 is 5.97 Å². The molecular weight excluding hydrogens is 204 g/mol. The van der Waals surface area contributed by atoms with Crippen LogP contribution in [-0.4, -0.2) is 28.7 Å². The zero-order valence-corrected chi connectivity index (χ0v) is 8.08. The molecule has 0 radical (unpaired) electrons. The van der Waals surface area contributed by atoms with E-state index >= 15 is 0 Å². The highest BCUT2D eigenvalue weighted by Crippen LogP contribution is 2.18. The predicted octanol–water partition coefficient (Wildman–Crippen LogP) is 0.995. The molecule has 14 heavy (non-hydrogen) atoms. The van der Waals surface area contributed by atoms with Crippen molar-refractivity contribution in [2.24, 2.45) is 0 Å². The first kappa shape index (κ1) is 8.89. The van der Waals surface area contributed by atoms with Crippen LogP contribution in [0.25, 0.3) is 4.96 Å². The molecule has 0 fully saturated rings. The summed E-state index contributed by atoms with van der Waals surface area (Å²) < 4.78 is 6.11. The Morgan fingerprint density at radius 3 is 3.14 bits per heavy atom. The van der Waals surface area contributed by atoms with Gasteiger partial charge in [0.05, 0.1) is 13.3 Å². The summed E-state index contributed by atoms with van der Waals surface area (Å²) in [5.41, 5.74) is 0.423. The molecule has 0 aliphatic heterocycles. The fourth-order valence-corrected chi connectivity index (χ4v) is 1.97. The van der Waals surface area contributed by atoms with E-state index < -0.39 is 5.97 Å². The van der Waals surface area contributed by atoms with Gasteiger partial charge in [-0.3, -0.25) is 9.20 Å². The third-order valence-electron chi connectivity index (χ3n) is 1.75. The van der Waals surface area contributed by atoms with Crippen molar-refractivity contribution in [2.45, 2.75) is 0 Å². The second-order valence-corrected chi connectivity index (χ2v) is 3.55. The van der Waals surface area contributed by atoms with E-state index in [9.17, 15) is 9.59 Å². The molecule has 0 spiro atoms. The number of methoxy groups -OCH3 is 1. The number of hydrogen-bond donors (Lipinski definition) is 0. The molecule has 2 aromatic rings. The molecule has 0 unspecified atom stereocenters. The lowest BCUT2D eigenvalue weighted by Crippen LogP contribution is -1.97. The van der Waals surface area contributed by atoms with Crippen molar-refractivity contribution in [3.63, 3.8) is 0 Å². The molecular formula is C8H6N2O3S. The highest BCUT2D eigenvalue weighted by atomic mass is 32.1. The number of carbonyl (C=O) groups is 2. The lowest BCUT2D eigenvalue weighted by molar-refractivity contribution is 0.0605. The number of imidazole rings is 1. The standard InChI is InChI=1S/C8H6N2O3S/c1-13-7(12)6-3-10-5(4-11)2-9-8(10)14-6/h2-4H,1H3. The summed E-state index contributed by atoms with van der Waals surface area (Å²) in [6.45, 7) is 0. The van der Waals surface area contributed by atoms with E-state index in [1.165, 1.54) is 24.6 Å². The molecule has 0 N–H and O–H groups in total. The van der Waals surface area contributed by atoms with Crippen LogP contribution >= 0.6 is 11.3 Å². The maximum atomic E-state index is 11.1. The highest BCUT2D eigenvalue weighted by Gasteiger charge is 2.13. The van der Waals surface area contributed by atoms with E-state index in [-0.39, 0.29) is 0 Å². The quantitative estimate of drug-likeness (QED) is 0.548. The number of rotatable bonds is 2. The number of aldehydes is 1. The van der Waals surface area contributed by atoms with E-state index in [1.54, 1.807) is 10.6 Å². The molecule has 2 aromatic heterocycles. The third-order valence-corrected chi connectivity index (χ3v) is 2.72. The number of carbonyl (C=O) groups excluding carboxylic acids is 2. The second-order valence-electron chi connectivity index (χ2n) is 2.54. The topological polar surface area (TPSA) is 60.7 Å². The molecule has 0 saturated carbocycles. The van der Waals surface area contributed by atoms with E-state index in [4.69, 9.17) is 0 Å². The minimum Gasteiger partial charge on any atom is -0.465 e. The van der Waals surface area contributed by atoms with Gasteiger partial charge in [0.25, 0.3) is 0 Å². The third kappa shape index (κ3) is 1.20. The van der Waals surface area contributed by atoms with Gasteiger partial charge in [-0.05, 0) is 0 Å². The lowest BCUT2D eigenvalue weighted by atomic mass is 10.5. The smallest absolute Gasteiger partial charge is 0.349 e. The Bertz CT molecular complexity index is 500. The first-order chi connectivity index (χ1) is 6.76. The van der Waals surface area contributed by atoms with Gasteiger partial charge in [-0.25, -0.2) is 9.78 Å². The minimum atomic E-state index is -0.419. The molecule has 0 aliphatic carbocycles. The number of fused-ring (bicyclic) bond motifs is 1. The number of esters is 1. The van der Waals surface area contributed by atoms with Crippen LogP contribution in [-0.2, 0) is 4.74 Å². The molecule has 6 heteroatoms. The van der Waals surface area contributed by atoms with Crippen molar-refractivity contribution in [3.8, 4) is 0 Å². The summed E-state index contributed by atoms with van der Waals surface area (Å²) in [6.07, 6.45) is 3.69. The average Bonchev–Trinajstić information content (AvgIpc) is 2.74. The number of aromatic nitrogens is 2. The van der Waals surface area contributed by atoms with Gasteiger partial charge in [0.1, 0.15) is 10.6 Å². The van der Waals surface area contributed by atoms with Gasteiger partial charge < -0.3 is 4.74 Å². The minimum absolute atomic E-state index is 0.419. The van der Waals surface area contributed by atoms with Gasteiger partial charge in [0, 0.05) is 6.20 Å². The van der Waals surface area contributed by atoms with Crippen LogP contribution in [0.5, 0.6) is 0 Å². The van der Waals surface area contributed by atoms with Gasteiger partial charge in [-0.15, -0.1) is 0 Å². The summed E-state index contributed by atoms with van der Waals surface area (Å²) in [5, 5.41) is 0. The molecule has 5 nitrogen and oxygen atoms in total. The fraction of sp³-hybridized carbons (Fsp3) is 0.125. The van der Waals surface area contributed by atoms with Crippen LogP contribution in [0.4, 0.5) is 0 Å². The normalized spacial score (nSPS) is 10.4. The largest absolute Gasteiger partial charge is 0.465 e. The Morgan fingerprint density at radius 1 is 1.71 bits per heavy atom. The van der Waals surface area contributed by atoms with Crippen LogP contribution < -0.4 is 0 Å². The lowest BCUT2D eigenvalue weighted by Gasteiger charge is -1.90. The van der Waals surface area contributed by atoms with Crippen LogP contribution in [0.1, 0.15) is 20.2 Å². The number of hydrogen-bond acceptors (Lipinski definition) is 5. The Morgan fingerprint density at radius 2 is 2.50 bits per heavy atom. The van der Waals surface area contributed by atoms with Crippen molar-refractivity contribution in [1.29, 1.82) is 0 Å². The number of nitrogens with zero attached hydrogens (tertiary/aromatic N) is 2. The van der Waals surface area contributed by atoms with Crippen LogP contribution in [0.15, 0.2) is 12.4 Å². The molecule has 2 rings (SSSR count). The van der Waals surface area contributed by atoms with Crippen LogP contribution in [0.3, 0.4) is 0 Å². The van der Waals surface area contributed by atoms with Crippen molar-refractivity contribution in [1.82, 2.24) is 9.38 Å². The second kappa shape index (κ2) is 3.22. The zero-order valence-electron chi connectivity index (χ0n) is 7.26. The molecule has 0 amide bonds. The molecule has 72 valence electrons. The SMILES string of the molecule is COC(=O)c1cn2c(C=O)cnc2s1. The monoisotopic (exact) mass is 210 g/mol. The van der Waals surface area contributed by atoms with Crippen molar-refractivity contribution < 1.29 is 14.3 Å². The average molecular weight is 210 g/mol. The Hall–Kier alpha value is -1.69. The van der Waals surface area contributed by atoms with E-state index in [0.29, 0.717) is 21.8 Å². The Labute approximate surface area is 82.9 Å². The summed E-state index contributed by atoms with van der Waals surface area (Å²) in [5.74, 6) is -0.419. The van der Waals surface area contributed by atoms with Crippen LogP contribution in [0, 0.1) is 0 Å². The van der Waals surface area contributed by atoms with E-state index in [2.05, 4.69) is 9.72 Å². The highest BCUT2D eigenvalue weighted by molar-refractivity contribution is 7.18. The molecule has 0 saturated heterocycles. The molecule has 2 heterocycles. The van der Waals surface area contributed by atoms with Crippen molar-refractivity contribution in [2.75, 3.05) is 7.11 Å². The summed E-state index contributed by atoms with van der Waals surface area (Å²) in [4.78, 5) is 26.7. The molecule has 0 aromatic carbocycles. The van der Waals surface area contributed by atoms with Gasteiger partial charge in [-0.1, -0.05) is 11.3 Å². The fourth-order valence-electron chi connectivity index (χ4n) is 1.09. The van der Waals surface area contributed by atoms with Gasteiger partial charge in [0.15, 0.2) is 11.2 Å². The zero-order chi connectivity index (χ0) is 10.1. The number of thiazole rings is 1. The molecule has 0 bridgehead atoms. The van der Waals surface area contributed by atoms with Gasteiger partial charge in [-0.2, -0.15) is 0 Å². The summed E-state index contributed by atoms with van der Waals surface area (Å²) in [6, 6.07) is 0.